The van der Waals surface area contributed by atoms with Crippen LogP contribution in [0.1, 0.15) is 106 Å². The summed E-state index contributed by atoms with van der Waals surface area (Å²) in [6.07, 6.45) is -5.56. The van der Waals surface area contributed by atoms with Crippen molar-refractivity contribution in [2.24, 2.45) is 23.7 Å². The van der Waals surface area contributed by atoms with E-state index < -0.39 is 96.1 Å². The minimum Gasteiger partial charge on any atom is -0.451 e. The summed E-state index contributed by atoms with van der Waals surface area (Å²) in [5.41, 5.74) is 1.30. The molecule has 1 saturated heterocycles. The third-order valence-corrected chi connectivity index (χ3v) is 12.0. The first kappa shape index (κ1) is 56.5. The monoisotopic (exact) mass is 949 g/mol. The van der Waals surface area contributed by atoms with Gasteiger partial charge in [-0.3, -0.25) is 19.2 Å². The lowest BCUT2D eigenvalue weighted by molar-refractivity contribution is -0.176. The molecular weight excluding hydrogens is 873 g/mol. The first-order valence-corrected chi connectivity index (χ1v) is 23.8. The summed E-state index contributed by atoms with van der Waals surface area (Å²) in [5, 5.41) is 0. The number of benzene rings is 2. The van der Waals surface area contributed by atoms with E-state index in [0.717, 1.165) is 19.6 Å². The third kappa shape index (κ3) is 16.2. The smallest absolute Gasteiger partial charge is 0.329 e. The molecule has 16 nitrogen and oxygen atoms in total. The number of hydrogen-bond acceptors (Lipinski definition) is 12. The average Bonchev–Trinajstić information content (AvgIpc) is 3.28. The van der Waals surface area contributed by atoms with E-state index in [-0.39, 0.29) is 62.2 Å². The van der Waals surface area contributed by atoms with Gasteiger partial charge in [0.05, 0.1) is 0 Å². The molecule has 0 spiro atoms. The fourth-order valence-electron chi connectivity index (χ4n) is 8.14. The maximum atomic E-state index is 14.6. The number of carbonyl (C=O) groups excluding carboxylic acids is 8. The Kier molecular flexibility index (Phi) is 21.7. The molecule has 0 radical (unpaired) electrons. The molecule has 2 aromatic rings. The Morgan fingerprint density at radius 2 is 0.618 bits per heavy atom. The third-order valence-electron chi connectivity index (χ3n) is 12.0. The molecule has 4 amide bonds. The highest BCUT2D eigenvalue weighted by atomic mass is 16.6. The first-order valence-electron chi connectivity index (χ1n) is 23.8. The van der Waals surface area contributed by atoms with Crippen molar-refractivity contribution in [3.63, 3.8) is 0 Å². The van der Waals surface area contributed by atoms with E-state index in [1.54, 1.807) is 60.7 Å². The van der Waals surface area contributed by atoms with Gasteiger partial charge in [-0.1, -0.05) is 116 Å². The van der Waals surface area contributed by atoms with Crippen molar-refractivity contribution in [2.75, 3.05) is 28.2 Å². The van der Waals surface area contributed by atoms with Crippen molar-refractivity contribution in [2.45, 2.75) is 156 Å². The summed E-state index contributed by atoms with van der Waals surface area (Å²) >= 11 is 0. The maximum absolute atomic E-state index is 14.6. The van der Waals surface area contributed by atoms with E-state index in [2.05, 4.69) is 0 Å². The van der Waals surface area contributed by atoms with Crippen LogP contribution in [0, 0.1) is 23.7 Å². The van der Waals surface area contributed by atoms with Crippen LogP contribution in [0.15, 0.2) is 60.7 Å². The minimum absolute atomic E-state index is 0.0814. The number of rotatable bonds is 12. The van der Waals surface area contributed by atoms with Gasteiger partial charge < -0.3 is 38.5 Å². The topological polar surface area (TPSA) is 186 Å². The van der Waals surface area contributed by atoms with Crippen LogP contribution in [0.2, 0.25) is 0 Å². The summed E-state index contributed by atoms with van der Waals surface area (Å²) in [6.45, 7) is 17.5. The highest BCUT2D eigenvalue weighted by Gasteiger charge is 2.43. The summed E-state index contributed by atoms with van der Waals surface area (Å²) in [5.74, 6) is -7.13. The standard InChI is InChI=1S/C52H76N4O12/c1-31(2)25-39-49(61)65-35(9)45(57)53(11)42(28-34(7)8)52(64)68-44(30-38-23-19-16-20-24-38)48(60)56(14)40(26-32(3)4)50(62)66-36(10)46(58)54(12)41(27-33(5)6)51(63)67-43(47(59)55(39)13)29-37-21-17-15-18-22-37/h15-24,31-36,39-44H,25-30H2,1-14H3/t35-,36-,39+,40+,41+,42+,43-,44-/m0/s1. The first-order chi connectivity index (χ1) is 31.8. The Labute approximate surface area is 403 Å². The zero-order valence-electron chi connectivity index (χ0n) is 42.6. The number of carbonyl (C=O) groups is 8. The van der Waals surface area contributed by atoms with Gasteiger partial charge in [-0.15, -0.1) is 0 Å². The van der Waals surface area contributed by atoms with Crippen molar-refractivity contribution in [3.8, 4) is 0 Å². The molecule has 376 valence electrons. The number of amides is 4. The van der Waals surface area contributed by atoms with Crippen LogP contribution in [0.5, 0.6) is 0 Å². The van der Waals surface area contributed by atoms with E-state index in [9.17, 15) is 38.4 Å². The van der Waals surface area contributed by atoms with Gasteiger partial charge in [0.2, 0.25) is 0 Å². The van der Waals surface area contributed by atoms with Gasteiger partial charge in [-0.05, 0) is 74.3 Å². The molecule has 1 heterocycles. The Morgan fingerprint density at radius 1 is 0.382 bits per heavy atom. The number of cyclic esters (lactones) is 4. The van der Waals surface area contributed by atoms with Crippen molar-refractivity contribution in [1.29, 1.82) is 0 Å². The lowest BCUT2D eigenvalue weighted by Gasteiger charge is -2.35. The predicted octanol–water partition coefficient (Wildman–Crippen LogP) is 5.66. The van der Waals surface area contributed by atoms with Gasteiger partial charge in [0.15, 0.2) is 24.4 Å². The number of likely N-dealkylation sites (N-methyl/N-ethyl adjacent to an activating group) is 4. The molecule has 0 aromatic heterocycles. The van der Waals surface area contributed by atoms with E-state index >= 15 is 0 Å². The Hall–Kier alpha value is -5.80. The van der Waals surface area contributed by atoms with Crippen LogP contribution in [-0.4, -0.2) is 144 Å². The predicted molar refractivity (Wildman–Crippen MR) is 255 cm³/mol. The zero-order chi connectivity index (χ0) is 51.2. The van der Waals surface area contributed by atoms with Gasteiger partial charge in [-0.25, -0.2) is 19.2 Å². The molecule has 1 fully saturated rings. The number of ether oxygens (including phenoxy) is 4. The van der Waals surface area contributed by atoms with Gasteiger partial charge in [0.1, 0.15) is 24.2 Å². The van der Waals surface area contributed by atoms with Crippen molar-refractivity contribution in [3.05, 3.63) is 71.8 Å². The van der Waals surface area contributed by atoms with Gasteiger partial charge >= 0.3 is 23.9 Å². The van der Waals surface area contributed by atoms with Crippen LogP contribution in [0.4, 0.5) is 0 Å². The SMILES string of the molecule is CC(C)C[C@@H]1C(=O)O[C@@H](Cc2ccccc2)C(=O)N(C)[C@H](CC(C)C)C(=O)O[C@@H](C)C(=O)N(C)[C@H](CC(C)C)C(=O)O[C@@H](Cc2ccccc2)C(=O)N(C)[C@H](CC(C)C)C(=O)O[C@@H](C)C(=O)N1C. The van der Waals surface area contributed by atoms with E-state index in [1.807, 2.05) is 55.4 Å². The molecule has 1 aliphatic heterocycles. The van der Waals surface area contributed by atoms with Crippen LogP contribution in [0.3, 0.4) is 0 Å². The highest BCUT2D eigenvalue weighted by molar-refractivity contribution is 5.94. The largest absolute Gasteiger partial charge is 0.451 e. The van der Waals surface area contributed by atoms with Gasteiger partial charge in [0, 0.05) is 41.0 Å². The lowest BCUT2D eigenvalue weighted by Crippen LogP contribution is -2.55. The molecule has 2 aromatic carbocycles. The molecule has 68 heavy (non-hydrogen) atoms. The second-order valence-corrected chi connectivity index (χ2v) is 19.8. The highest BCUT2D eigenvalue weighted by Crippen LogP contribution is 2.24. The van der Waals surface area contributed by atoms with Gasteiger partial charge in [-0.2, -0.15) is 0 Å². The molecule has 0 N–H and O–H groups in total. The molecule has 8 atom stereocenters. The number of esters is 4. The quantitative estimate of drug-likeness (QED) is 0.188. The summed E-state index contributed by atoms with van der Waals surface area (Å²) < 4.78 is 23.8. The fourth-order valence-corrected chi connectivity index (χ4v) is 8.14. The summed E-state index contributed by atoms with van der Waals surface area (Å²) in [4.78, 5) is 119. The molecule has 0 bridgehead atoms. The molecule has 0 saturated carbocycles. The Balaban J connectivity index is 2.25. The molecule has 1 aliphatic rings. The second-order valence-electron chi connectivity index (χ2n) is 19.8. The van der Waals surface area contributed by atoms with E-state index in [1.165, 1.54) is 42.0 Å². The fraction of sp³-hybridized carbons (Fsp3) is 0.615. The van der Waals surface area contributed by atoms with Crippen LogP contribution >= 0.6 is 0 Å². The lowest BCUT2D eigenvalue weighted by atomic mass is 10.00. The van der Waals surface area contributed by atoms with Gasteiger partial charge in [0.25, 0.3) is 23.6 Å². The van der Waals surface area contributed by atoms with Crippen molar-refractivity contribution >= 4 is 47.5 Å². The number of hydrogen-bond donors (Lipinski definition) is 0. The van der Waals surface area contributed by atoms with Crippen molar-refractivity contribution < 1.29 is 57.3 Å². The van der Waals surface area contributed by atoms with Crippen LogP contribution in [0.25, 0.3) is 0 Å². The maximum Gasteiger partial charge on any atom is 0.329 e. The van der Waals surface area contributed by atoms with E-state index in [0.29, 0.717) is 11.1 Å². The van der Waals surface area contributed by atoms with Crippen LogP contribution in [-0.2, 0) is 70.1 Å². The molecule has 3 rings (SSSR count). The minimum atomic E-state index is -1.47. The number of nitrogens with zero attached hydrogens (tertiary/aromatic N) is 4. The van der Waals surface area contributed by atoms with Crippen LogP contribution < -0.4 is 0 Å². The summed E-state index contributed by atoms with van der Waals surface area (Å²) in [7, 11) is 5.56. The average molecular weight is 949 g/mol. The normalized spacial score (nSPS) is 25.2. The van der Waals surface area contributed by atoms with Crippen molar-refractivity contribution in [1.82, 2.24) is 19.6 Å². The second kappa shape index (κ2) is 26.1. The summed E-state index contributed by atoms with van der Waals surface area (Å²) in [6, 6.07) is 12.7. The molecule has 16 heteroatoms. The molecule has 0 aliphatic carbocycles. The molecular formula is C52H76N4O12. The Morgan fingerprint density at radius 3 is 0.868 bits per heavy atom. The Bertz CT molecular complexity index is 1870. The molecule has 0 unspecified atom stereocenters. The zero-order valence-corrected chi connectivity index (χ0v) is 42.6. The van der Waals surface area contributed by atoms with E-state index in [4.69, 9.17) is 18.9 Å².